The van der Waals surface area contributed by atoms with Crippen LogP contribution in [-0.4, -0.2) is 19.6 Å². The molecule has 2 rings (SSSR count). The number of anilines is 2. The zero-order valence-corrected chi connectivity index (χ0v) is 14.3. The number of hydrogen-bond donors (Lipinski definition) is 2. The third-order valence-corrected chi connectivity index (χ3v) is 3.85. The molecule has 0 bridgehead atoms. The zero-order valence-electron chi connectivity index (χ0n) is 13.6. The third kappa shape index (κ3) is 4.89. The van der Waals surface area contributed by atoms with E-state index in [1.54, 1.807) is 25.3 Å². The van der Waals surface area contributed by atoms with Crippen molar-refractivity contribution < 1.29 is 9.53 Å². The van der Waals surface area contributed by atoms with Crippen LogP contribution in [0.25, 0.3) is 0 Å². The standard InChI is InChI=1S/C18H21ClN2O2/c1-12-4-6-15(10-13(12)2)21-18(22)8-9-20-16-11-14(19)5-7-17(16)23-3/h4-7,10-11,20H,8-9H2,1-3H3,(H,21,22). The van der Waals surface area contributed by atoms with E-state index in [0.717, 1.165) is 16.9 Å². The van der Waals surface area contributed by atoms with Gasteiger partial charge in [0.25, 0.3) is 0 Å². The first-order chi connectivity index (χ1) is 11.0. The highest BCUT2D eigenvalue weighted by atomic mass is 35.5. The van der Waals surface area contributed by atoms with Crippen LogP contribution in [0.4, 0.5) is 11.4 Å². The Kier molecular flexibility index (Phi) is 5.88. The monoisotopic (exact) mass is 332 g/mol. The number of amides is 1. The van der Waals surface area contributed by atoms with Gasteiger partial charge >= 0.3 is 0 Å². The lowest BCUT2D eigenvalue weighted by Crippen LogP contribution is -2.16. The first-order valence-corrected chi connectivity index (χ1v) is 7.82. The summed E-state index contributed by atoms with van der Waals surface area (Å²) in [6.07, 6.45) is 0.350. The number of rotatable bonds is 6. The van der Waals surface area contributed by atoms with Gasteiger partial charge in [-0.1, -0.05) is 17.7 Å². The molecule has 0 aromatic heterocycles. The van der Waals surface area contributed by atoms with Crippen LogP contribution in [0.2, 0.25) is 5.02 Å². The maximum Gasteiger partial charge on any atom is 0.226 e. The predicted octanol–water partition coefficient (Wildman–Crippen LogP) is 4.41. The Morgan fingerprint density at radius 1 is 1.13 bits per heavy atom. The molecule has 23 heavy (non-hydrogen) atoms. The molecular formula is C18H21ClN2O2. The van der Waals surface area contributed by atoms with E-state index in [0.29, 0.717) is 23.7 Å². The van der Waals surface area contributed by atoms with Crippen LogP contribution < -0.4 is 15.4 Å². The number of ether oxygens (including phenoxy) is 1. The van der Waals surface area contributed by atoms with Crippen molar-refractivity contribution in [3.05, 3.63) is 52.5 Å². The Labute approximate surface area is 141 Å². The average Bonchev–Trinajstić information content (AvgIpc) is 2.51. The van der Waals surface area contributed by atoms with Crippen molar-refractivity contribution >= 4 is 28.9 Å². The third-order valence-electron chi connectivity index (χ3n) is 3.62. The largest absolute Gasteiger partial charge is 0.495 e. The number of carbonyl (C=O) groups excluding carboxylic acids is 1. The fourth-order valence-electron chi connectivity index (χ4n) is 2.17. The summed E-state index contributed by atoms with van der Waals surface area (Å²) in [6.45, 7) is 4.56. The second kappa shape index (κ2) is 7.88. The molecule has 0 heterocycles. The van der Waals surface area contributed by atoms with E-state index in [2.05, 4.69) is 10.6 Å². The van der Waals surface area contributed by atoms with Crippen molar-refractivity contribution in [2.24, 2.45) is 0 Å². The normalized spacial score (nSPS) is 10.3. The number of carbonyl (C=O) groups is 1. The Morgan fingerprint density at radius 2 is 1.91 bits per heavy atom. The molecule has 0 aliphatic heterocycles. The van der Waals surface area contributed by atoms with Crippen molar-refractivity contribution in [2.75, 3.05) is 24.3 Å². The van der Waals surface area contributed by atoms with Crippen LogP contribution >= 0.6 is 11.6 Å². The molecule has 1 amide bonds. The Morgan fingerprint density at radius 3 is 2.61 bits per heavy atom. The summed E-state index contributed by atoms with van der Waals surface area (Å²) in [6, 6.07) is 11.2. The smallest absolute Gasteiger partial charge is 0.226 e. The predicted molar refractivity (Wildman–Crippen MR) is 95.7 cm³/mol. The maximum absolute atomic E-state index is 12.0. The van der Waals surface area contributed by atoms with Gasteiger partial charge in [0.1, 0.15) is 5.75 Å². The summed E-state index contributed by atoms with van der Waals surface area (Å²) >= 11 is 5.98. The highest BCUT2D eigenvalue weighted by Gasteiger charge is 2.06. The lowest BCUT2D eigenvalue weighted by atomic mass is 10.1. The SMILES string of the molecule is COc1ccc(Cl)cc1NCCC(=O)Nc1ccc(C)c(C)c1. The van der Waals surface area contributed by atoms with Gasteiger partial charge in [0.15, 0.2) is 0 Å². The van der Waals surface area contributed by atoms with Crippen LogP contribution in [0.15, 0.2) is 36.4 Å². The summed E-state index contributed by atoms with van der Waals surface area (Å²) in [7, 11) is 1.60. The van der Waals surface area contributed by atoms with Gasteiger partial charge in [-0.2, -0.15) is 0 Å². The lowest BCUT2D eigenvalue weighted by Gasteiger charge is -2.12. The number of halogens is 1. The minimum absolute atomic E-state index is 0.0400. The summed E-state index contributed by atoms with van der Waals surface area (Å²) in [5.41, 5.74) is 3.96. The van der Waals surface area contributed by atoms with Gasteiger partial charge in [-0.15, -0.1) is 0 Å². The average molecular weight is 333 g/mol. The Hall–Kier alpha value is -2.20. The molecule has 2 N–H and O–H groups in total. The second-order valence-electron chi connectivity index (χ2n) is 5.37. The van der Waals surface area contributed by atoms with Crippen LogP contribution in [0.5, 0.6) is 5.75 Å². The highest BCUT2D eigenvalue weighted by molar-refractivity contribution is 6.30. The molecule has 0 saturated heterocycles. The quantitative estimate of drug-likeness (QED) is 0.824. The van der Waals surface area contributed by atoms with E-state index in [1.165, 1.54) is 5.56 Å². The summed E-state index contributed by atoms with van der Waals surface area (Å²) in [4.78, 5) is 12.0. The molecule has 5 heteroatoms. The van der Waals surface area contributed by atoms with Gasteiger partial charge in [0.2, 0.25) is 5.91 Å². The van der Waals surface area contributed by atoms with Crippen LogP contribution in [0.3, 0.4) is 0 Å². The first kappa shape index (κ1) is 17.2. The van der Waals surface area contributed by atoms with Gasteiger partial charge in [0, 0.05) is 23.7 Å². The molecule has 0 fully saturated rings. The molecule has 2 aromatic rings. The number of aryl methyl sites for hydroxylation is 2. The van der Waals surface area contributed by atoms with Gasteiger partial charge < -0.3 is 15.4 Å². The molecule has 0 spiro atoms. The topological polar surface area (TPSA) is 50.4 Å². The van der Waals surface area contributed by atoms with E-state index in [9.17, 15) is 4.79 Å². The summed E-state index contributed by atoms with van der Waals surface area (Å²) in [5.74, 6) is 0.658. The molecule has 122 valence electrons. The minimum atomic E-state index is -0.0400. The van der Waals surface area contributed by atoms with Crippen molar-refractivity contribution in [1.82, 2.24) is 0 Å². The van der Waals surface area contributed by atoms with E-state index in [4.69, 9.17) is 16.3 Å². The van der Waals surface area contributed by atoms with Gasteiger partial charge in [-0.25, -0.2) is 0 Å². The number of benzene rings is 2. The molecule has 2 aromatic carbocycles. The second-order valence-corrected chi connectivity index (χ2v) is 5.81. The number of nitrogens with one attached hydrogen (secondary N) is 2. The van der Waals surface area contributed by atoms with E-state index < -0.39 is 0 Å². The van der Waals surface area contributed by atoms with Crippen molar-refractivity contribution in [3.8, 4) is 5.75 Å². The lowest BCUT2D eigenvalue weighted by molar-refractivity contribution is -0.115. The molecular weight excluding hydrogens is 312 g/mol. The fourth-order valence-corrected chi connectivity index (χ4v) is 2.34. The van der Waals surface area contributed by atoms with Crippen LogP contribution in [0.1, 0.15) is 17.5 Å². The van der Waals surface area contributed by atoms with E-state index >= 15 is 0 Å². The molecule has 0 saturated carbocycles. The molecule has 0 atom stereocenters. The molecule has 0 aliphatic rings. The summed E-state index contributed by atoms with van der Waals surface area (Å²) < 4.78 is 5.26. The number of methoxy groups -OCH3 is 1. The van der Waals surface area contributed by atoms with Gasteiger partial charge in [0.05, 0.1) is 12.8 Å². The molecule has 4 nitrogen and oxygen atoms in total. The highest BCUT2D eigenvalue weighted by Crippen LogP contribution is 2.27. The van der Waals surface area contributed by atoms with Crippen molar-refractivity contribution in [2.45, 2.75) is 20.3 Å². The molecule has 0 unspecified atom stereocenters. The number of hydrogen-bond acceptors (Lipinski definition) is 3. The van der Waals surface area contributed by atoms with Crippen molar-refractivity contribution in [1.29, 1.82) is 0 Å². The maximum atomic E-state index is 12.0. The van der Waals surface area contributed by atoms with E-state index in [-0.39, 0.29) is 5.91 Å². The van der Waals surface area contributed by atoms with Crippen molar-refractivity contribution in [3.63, 3.8) is 0 Å². The first-order valence-electron chi connectivity index (χ1n) is 7.44. The van der Waals surface area contributed by atoms with Gasteiger partial charge in [-0.3, -0.25) is 4.79 Å². The Bertz CT molecular complexity index is 701. The van der Waals surface area contributed by atoms with Crippen LogP contribution in [0, 0.1) is 13.8 Å². The zero-order chi connectivity index (χ0) is 16.8. The fraction of sp³-hybridized carbons (Fsp3) is 0.278. The minimum Gasteiger partial charge on any atom is -0.495 e. The van der Waals surface area contributed by atoms with Gasteiger partial charge in [-0.05, 0) is 55.3 Å². The van der Waals surface area contributed by atoms with E-state index in [1.807, 2.05) is 32.0 Å². The molecule has 0 aliphatic carbocycles. The Balaban J connectivity index is 1.87. The summed E-state index contributed by atoms with van der Waals surface area (Å²) in [5, 5.41) is 6.69. The van der Waals surface area contributed by atoms with Crippen LogP contribution in [-0.2, 0) is 4.79 Å². The molecule has 0 radical (unpaired) electrons.